The molecular formula is C6H12ClN3O. The van der Waals surface area contributed by atoms with Gasteiger partial charge in [-0.1, -0.05) is 11.6 Å². The average Bonchev–Trinajstić information content (AvgIpc) is 1.85. The molecule has 0 spiro atoms. The molecule has 0 aromatic carbocycles. The molecule has 4 N–H and O–H groups in total. The number of hydrogen-bond acceptors (Lipinski definition) is 4. The minimum Gasteiger partial charge on any atom is -0.483 e. The van der Waals surface area contributed by atoms with E-state index in [-0.39, 0.29) is 17.2 Å². The van der Waals surface area contributed by atoms with E-state index in [1.165, 1.54) is 13.2 Å². The van der Waals surface area contributed by atoms with Crippen LogP contribution in [-0.4, -0.2) is 18.4 Å². The summed E-state index contributed by atoms with van der Waals surface area (Å²) in [4.78, 5) is 3.79. The Labute approximate surface area is 70.9 Å². The zero-order valence-electron chi connectivity index (χ0n) is 6.54. The molecule has 0 bridgehead atoms. The van der Waals surface area contributed by atoms with Gasteiger partial charge < -0.3 is 16.2 Å². The van der Waals surface area contributed by atoms with Gasteiger partial charge in [-0.2, -0.15) is 0 Å². The normalized spacial score (nSPS) is 16.4. The van der Waals surface area contributed by atoms with Gasteiger partial charge in [0, 0.05) is 6.08 Å². The number of hydrogen-bond donors (Lipinski definition) is 2. The van der Waals surface area contributed by atoms with Gasteiger partial charge in [-0.3, -0.25) is 4.99 Å². The molecule has 5 heteroatoms. The summed E-state index contributed by atoms with van der Waals surface area (Å²) < 4.78 is 4.64. The first-order chi connectivity index (χ1) is 5.06. The van der Waals surface area contributed by atoms with Crippen molar-refractivity contribution in [3.05, 3.63) is 12.0 Å². The lowest BCUT2D eigenvalue weighted by Crippen LogP contribution is -2.12. The largest absolute Gasteiger partial charge is 0.483 e. The highest BCUT2D eigenvalue weighted by molar-refractivity contribution is 6.68. The molecule has 0 aromatic rings. The fourth-order valence-corrected chi connectivity index (χ4v) is 0.670. The van der Waals surface area contributed by atoms with Crippen LogP contribution in [0.15, 0.2) is 17.0 Å². The third-order valence-electron chi connectivity index (χ3n) is 0.824. The molecule has 1 unspecified atom stereocenters. The fraction of sp³-hybridized carbons (Fsp3) is 0.500. The maximum atomic E-state index is 5.58. The number of nitrogens with two attached hydrogens (primary N) is 2. The molecule has 11 heavy (non-hydrogen) atoms. The molecule has 0 aliphatic carbocycles. The minimum absolute atomic E-state index is 0.208. The molecular weight excluding hydrogens is 166 g/mol. The summed E-state index contributed by atoms with van der Waals surface area (Å²) in [6.07, 6.45) is 1.06. The van der Waals surface area contributed by atoms with Crippen LogP contribution in [0, 0.1) is 0 Å². The molecule has 64 valence electrons. The van der Waals surface area contributed by atoms with E-state index < -0.39 is 0 Å². The van der Waals surface area contributed by atoms with Gasteiger partial charge in [0.1, 0.15) is 5.17 Å². The Bertz CT molecular complexity index is 177. The molecule has 0 saturated carbocycles. The third-order valence-corrected chi connectivity index (χ3v) is 1.03. The first-order valence-electron chi connectivity index (χ1n) is 3.06. The molecule has 0 fully saturated rings. The van der Waals surface area contributed by atoms with Crippen LogP contribution < -0.4 is 11.5 Å². The number of allylic oxidation sites excluding steroid dienone is 1. The summed E-state index contributed by atoms with van der Waals surface area (Å²) >= 11 is 5.58. The molecule has 0 aromatic heterocycles. The van der Waals surface area contributed by atoms with E-state index in [2.05, 4.69) is 9.73 Å². The highest BCUT2D eigenvalue weighted by Gasteiger charge is 1.93. The quantitative estimate of drug-likeness (QED) is 0.484. The van der Waals surface area contributed by atoms with E-state index in [1.54, 1.807) is 6.92 Å². The Morgan fingerprint density at radius 1 is 1.73 bits per heavy atom. The van der Waals surface area contributed by atoms with E-state index in [0.717, 1.165) is 0 Å². The standard InChI is InChI=1S/C6H12ClN3O/c1-4(8)10-5(7)3-6(9)11-2/h3-4H,8-9H2,1-2H3/b6-3+,10-5?. The number of aliphatic imine (C=N–C) groups is 1. The van der Waals surface area contributed by atoms with Gasteiger partial charge in [0.2, 0.25) is 0 Å². The molecule has 0 heterocycles. The number of nitrogens with zero attached hydrogens (tertiary/aromatic N) is 1. The van der Waals surface area contributed by atoms with Gasteiger partial charge in [-0.25, -0.2) is 0 Å². The Morgan fingerprint density at radius 3 is 2.64 bits per heavy atom. The van der Waals surface area contributed by atoms with Crippen LogP contribution in [0.5, 0.6) is 0 Å². The maximum absolute atomic E-state index is 5.58. The molecule has 0 aliphatic heterocycles. The first kappa shape index (κ1) is 10.3. The summed E-state index contributed by atoms with van der Waals surface area (Å²) in [5.41, 5.74) is 10.6. The van der Waals surface area contributed by atoms with Crippen molar-refractivity contribution in [1.82, 2.24) is 0 Å². The smallest absolute Gasteiger partial charge is 0.186 e. The lowest BCUT2D eigenvalue weighted by Gasteiger charge is -1.98. The van der Waals surface area contributed by atoms with Crippen LogP contribution in [0.25, 0.3) is 0 Å². The third kappa shape index (κ3) is 5.69. The van der Waals surface area contributed by atoms with Crippen molar-refractivity contribution in [2.75, 3.05) is 7.11 Å². The van der Waals surface area contributed by atoms with Crippen LogP contribution in [0.1, 0.15) is 6.92 Å². The Morgan fingerprint density at radius 2 is 2.27 bits per heavy atom. The van der Waals surface area contributed by atoms with Crippen LogP contribution >= 0.6 is 11.6 Å². The maximum Gasteiger partial charge on any atom is 0.186 e. The van der Waals surface area contributed by atoms with Crippen molar-refractivity contribution in [2.24, 2.45) is 16.5 Å². The molecule has 0 aliphatic rings. The monoisotopic (exact) mass is 177 g/mol. The highest BCUT2D eigenvalue weighted by Crippen LogP contribution is 1.94. The SMILES string of the molecule is CO/C(N)=C/C(Cl)=NC(C)N. The zero-order valence-corrected chi connectivity index (χ0v) is 7.30. The van der Waals surface area contributed by atoms with Gasteiger partial charge in [0.15, 0.2) is 5.88 Å². The summed E-state index contributed by atoms with van der Waals surface area (Å²) in [5.74, 6) is 0.208. The fourth-order valence-electron chi connectivity index (χ4n) is 0.408. The topological polar surface area (TPSA) is 73.6 Å². The van der Waals surface area contributed by atoms with Crippen molar-refractivity contribution in [2.45, 2.75) is 13.1 Å². The van der Waals surface area contributed by atoms with E-state index in [0.29, 0.717) is 0 Å². The molecule has 0 radical (unpaired) electrons. The van der Waals surface area contributed by atoms with Crippen molar-refractivity contribution in [3.63, 3.8) is 0 Å². The molecule has 1 atom stereocenters. The molecule has 0 amide bonds. The minimum atomic E-state index is -0.330. The van der Waals surface area contributed by atoms with E-state index in [9.17, 15) is 0 Å². The Kier molecular flexibility index (Phi) is 4.65. The van der Waals surface area contributed by atoms with Crippen LogP contribution in [0.4, 0.5) is 0 Å². The first-order valence-corrected chi connectivity index (χ1v) is 3.44. The van der Waals surface area contributed by atoms with Gasteiger partial charge >= 0.3 is 0 Å². The highest BCUT2D eigenvalue weighted by atomic mass is 35.5. The Hall–Kier alpha value is -0.740. The van der Waals surface area contributed by atoms with Crippen molar-refractivity contribution in [3.8, 4) is 0 Å². The van der Waals surface area contributed by atoms with Gasteiger partial charge in [0.25, 0.3) is 0 Å². The van der Waals surface area contributed by atoms with Crippen molar-refractivity contribution < 1.29 is 4.74 Å². The average molecular weight is 178 g/mol. The second-order valence-corrected chi connectivity index (χ2v) is 2.33. The predicted octanol–water partition coefficient (Wildman–Crippen LogP) is 0.375. The van der Waals surface area contributed by atoms with Crippen LogP contribution in [0.2, 0.25) is 0 Å². The summed E-state index contributed by atoms with van der Waals surface area (Å²) in [6.45, 7) is 1.71. The molecule has 4 nitrogen and oxygen atoms in total. The number of halogens is 1. The van der Waals surface area contributed by atoms with E-state index in [4.69, 9.17) is 23.1 Å². The molecule has 0 rings (SSSR count). The van der Waals surface area contributed by atoms with Crippen LogP contribution in [-0.2, 0) is 4.74 Å². The van der Waals surface area contributed by atoms with E-state index in [1.807, 2.05) is 0 Å². The predicted molar refractivity (Wildman–Crippen MR) is 46.2 cm³/mol. The second-order valence-electron chi connectivity index (χ2n) is 1.94. The second kappa shape index (κ2) is 4.98. The van der Waals surface area contributed by atoms with Gasteiger partial charge in [-0.15, -0.1) is 0 Å². The van der Waals surface area contributed by atoms with Crippen molar-refractivity contribution >= 4 is 16.8 Å². The summed E-state index contributed by atoms with van der Waals surface area (Å²) in [5, 5.41) is 0.236. The van der Waals surface area contributed by atoms with Crippen molar-refractivity contribution in [1.29, 1.82) is 0 Å². The molecule has 0 saturated heterocycles. The van der Waals surface area contributed by atoms with Crippen LogP contribution in [0.3, 0.4) is 0 Å². The number of methoxy groups -OCH3 is 1. The number of ether oxygens (including phenoxy) is 1. The Balaban J connectivity index is 4.15. The lowest BCUT2D eigenvalue weighted by atomic mass is 10.6. The van der Waals surface area contributed by atoms with Gasteiger partial charge in [0.05, 0.1) is 13.3 Å². The van der Waals surface area contributed by atoms with E-state index >= 15 is 0 Å². The van der Waals surface area contributed by atoms with Gasteiger partial charge in [-0.05, 0) is 6.92 Å². The summed E-state index contributed by atoms with van der Waals surface area (Å²) in [7, 11) is 1.45. The summed E-state index contributed by atoms with van der Waals surface area (Å²) in [6, 6.07) is 0. The number of rotatable bonds is 3. The zero-order chi connectivity index (χ0) is 8.85. The lowest BCUT2D eigenvalue weighted by molar-refractivity contribution is 0.288.